The van der Waals surface area contributed by atoms with Crippen LogP contribution < -0.4 is 5.32 Å². The zero-order valence-electron chi connectivity index (χ0n) is 18.5. The van der Waals surface area contributed by atoms with Crippen molar-refractivity contribution in [3.8, 4) is 11.3 Å². The minimum Gasteiger partial charge on any atom is -0.376 e. The summed E-state index contributed by atoms with van der Waals surface area (Å²) in [5.74, 6) is 0. The first kappa shape index (κ1) is 21.7. The maximum Gasteiger partial charge on any atom is 0.317 e. The van der Waals surface area contributed by atoms with Crippen LogP contribution in [0.15, 0.2) is 72.2 Å². The van der Waals surface area contributed by atoms with Gasteiger partial charge in [-0.3, -0.25) is 4.40 Å². The molecule has 33 heavy (non-hydrogen) atoms. The van der Waals surface area contributed by atoms with Gasteiger partial charge in [-0.15, -0.1) is 11.3 Å². The lowest BCUT2D eigenvalue weighted by atomic mass is 10.2. The lowest BCUT2D eigenvalue weighted by Crippen LogP contribution is -2.44. The highest BCUT2D eigenvalue weighted by Gasteiger charge is 2.23. The quantitative estimate of drug-likeness (QED) is 0.403. The van der Waals surface area contributed by atoms with E-state index in [2.05, 4.69) is 33.4 Å². The van der Waals surface area contributed by atoms with Crippen molar-refractivity contribution in [3.63, 3.8) is 0 Å². The number of nitrogens with one attached hydrogen (secondary N) is 1. The van der Waals surface area contributed by atoms with Crippen molar-refractivity contribution >= 4 is 22.3 Å². The molecule has 170 valence electrons. The second kappa shape index (κ2) is 10.2. The zero-order valence-corrected chi connectivity index (χ0v) is 19.3. The molecule has 0 radical (unpaired) electrons. The number of ether oxygens (including phenoxy) is 1. The van der Waals surface area contributed by atoms with E-state index in [-0.39, 0.29) is 12.1 Å². The molecule has 1 fully saturated rings. The Bertz CT molecular complexity index is 1180. The first-order valence-electron chi connectivity index (χ1n) is 11.5. The molecule has 5 rings (SSSR count). The largest absolute Gasteiger partial charge is 0.376 e. The molecule has 1 aliphatic rings. The number of aromatic nitrogens is 2. The number of rotatable bonds is 8. The summed E-state index contributed by atoms with van der Waals surface area (Å²) in [7, 11) is 0. The van der Waals surface area contributed by atoms with Crippen molar-refractivity contribution in [1.29, 1.82) is 0 Å². The third-order valence-corrected chi connectivity index (χ3v) is 6.90. The second-order valence-electron chi connectivity index (χ2n) is 8.35. The van der Waals surface area contributed by atoms with Crippen LogP contribution in [0.4, 0.5) is 4.79 Å². The molecule has 7 heteroatoms. The molecule has 0 bridgehead atoms. The van der Waals surface area contributed by atoms with Gasteiger partial charge in [0.1, 0.15) is 0 Å². The van der Waals surface area contributed by atoms with E-state index >= 15 is 0 Å². The van der Waals surface area contributed by atoms with Gasteiger partial charge in [0.05, 0.1) is 11.8 Å². The highest BCUT2D eigenvalue weighted by atomic mass is 32.1. The zero-order chi connectivity index (χ0) is 22.5. The number of fused-ring (bicyclic) bond motifs is 1. The summed E-state index contributed by atoms with van der Waals surface area (Å²) in [6.45, 7) is 2.55. The Morgan fingerprint density at radius 2 is 1.94 bits per heavy atom. The lowest BCUT2D eigenvalue weighted by molar-refractivity contribution is 0.0814. The average molecular weight is 461 g/mol. The van der Waals surface area contributed by atoms with Gasteiger partial charge in [0.15, 0.2) is 4.96 Å². The summed E-state index contributed by atoms with van der Waals surface area (Å²) >= 11 is 1.64. The van der Waals surface area contributed by atoms with Crippen LogP contribution in [0.2, 0.25) is 0 Å². The van der Waals surface area contributed by atoms with Crippen LogP contribution in [0.1, 0.15) is 24.1 Å². The third kappa shape index (κ3) is 5.26. The molecular formula is C26H28N4O2S. The fourth-order valence-electron chi connectivity index (χ4n) is 4.20. The van der Waals surface area contributed by atoms with Gasteiger partial charge in [-0.1, -0.05) is 60.7 Å². The highest BCUT2D eigenvalue weighted by molar-refractivity contribution is 7.15. The molecule has 1 unspecified atom stereocenters. The van der Waals surface area contributed by atoms with Gasteiger partial charge < -0.3 is 15.0 Å². The van der Waals surface area contributed by atoms with E-state index in [1.807, 2.05) is 53.4 Å². The Hall–Kier alpha value is -3.16. The molecule has 2 aromatic carbocycles. The van der Waals surface area contributed by atoms with E-state index in [0.29, 0.717) is 19.6 Å². The number of amides is 2. The van der Waals surface area contributed by atoms with E-state index in [0.717, 1.165) is 53.3 Å². The van der Waals surface area contributed by atoms with Crippen LogP contribution in [-0.2, 0) is 17.7 Å². The summed E-state index contributed by atoms with van der Waals surface area (Å²) in [6, 6.07) is 20.2. The van der Waals surface area contributed by atoms with Gasteiger partial charge in [-0.2, -0.15) is 0 Å². The maximum atomic E-state index is 13.1. The van der Waals surface area contributed by atoms with Crippen LogP contribution in [0.25, 0.3) is 16.2 Å². The third-order valence-electron chi connectivity index (χ3n) is 6.01. The van der Waals surface area contributed by atoms with Crippen molar-refractivity contribution in [2.45, 2.75) is 31.9 Å². The number of hydrogen-bond donors (Lipinski definition) is 1. The molecule has 6 nitrogen and oxygen atoms in total. The smallest absolute Gasteiger partial charge is 0.317 e. The summed E-state index contributed by atoms with van der Waals surface area (Å²) in [5, 5.41) is 5.22. The second-order valence-corrected chi connectivity index (χ2v) is 9.18. The molecule has 1 N–H and O–H groups in total. The monoisotopic (exact) mass is 460 g/mol. The van der Waals surface area contributed by atoms with E-state index < -0.39 is 0 Å². The number of imidazole rings is 1. The van der Waals surface area contributed by atoms with E-state index in [9.17, 15) is 4.79 Å². The van der Waals surface area contributed by atoms with Crippen molar-refractivity contribution in [3.05, 3.63) is 83.5 Å². The maximum absolute atomic E-state index is 13.1. The van der Waals surface area contributed by atoms with Crippen LogP contribution in [0, 0.1) is 0 Å². The van der Waals surface area contributed by atoms with Crippen LogP contribution in [-0.4, -0.2) is 46.1 Å². The van der Waals surface area contributed by atoms with Crippen LogP contribution in [0.3, 0.4) is 0 Å². The Labute approximate surface area is 197 Å². The van der Waals surface area contributed by atoms with Gasteiger partial charge in [0.2, 0.25) is 0 Å². The first-order valence-corrected chi connectivity index (χ1v) is 12.3. The molecule has 2 amide bonds. The topological polar surface area (TPSA) is 58.9 Å². The molecule has 4 aromatic rings. The van der Waals surface area contributed by atoms with Crippen LogP contribution in [0.5, 0.6) is 0 Å². The van der Waals surface area contributed by atoms with Gasteiger partial charge >= 0.3 is 6.03 Å². The molecule has 0 spiro atoms. The molecular weight excluding hydrogens is 432 g/mol. The molecule has 3 heterocycles. The average Bonchev–Trinajstić information content (AvgIpc) is 3.60. The predicted molar refractivity (Wildman–Crippen MR) is 131 cm³/mol. The Morgan fingerprint density at radius 1 is 1.15 bits per heavy atom. The number of carbonyl (C=O) groups excluding carboxylic acids is 1. The fourth-order valence-corrected chi connectivity index (χ4v) is 5.11. The number of urea groups is 1. The highest BCUT2D eigenvalue weighted by Crippen LogP contribution is 2.24. The lowest BCUT2D eigenvalue weighted by Gasteiger charge is -2.25. The summed E-state index contributed by atoms with van der Waals surface area (Å²) < 4.78 is 7.97. The predicted octanol–water partition coefficient (Wildman–Crippen LogP) is 5.00. The molecule has 2 aromatic heterocycles. The minimum absolute atomic E-state index is 0.0450. The number of benzene rings is 2. The molecule has 0 saturated carbocycles. The fraction of sp³-hybridized carbons (Fsp3) is 0.308. The Kier molecular flexibility index (Phi) is 6.69. The van der Waals surface area contributed by atoms with Gasteiger partial charge in [0.25, 0.3) is 0 Å². The number of carbonyl (C=O) groups is 1. The van der Waals surface area contributed by atoms with E-state index in [4.69, 9.17) is 9.72 Å². The SMILES string of the molecule is O=C(NCc1ccccc1)N(CCc1csc2nc(-c3ccccc3)cn12)CC1CCCO1. The van der Waals surface area contributed by atoms with Crippen molar-refractivity contribution in [1.82, 2.24) is 19.6 Å². The van der Waals surface area contributed by atoms with Crippen molar-refractivity contribution in [2.24, 2.45) is 0 Å². The summed E-state index contributed by atoms with van der Waals surface area (Å²) in [4.78, 5) is 20.7. The summed E-state index contributed by atoms with van der Waals surface area (Å²) in [6.07, 6.45) is 5.04. The standard InChI is InChI=1S/C26H28N4O2S/c31-25(27-16-20-8-3-1-4-9-20)29(17-23-12-7-15-32-23)14-13-22-19-33-26-28-24(18-30(22)26)21-10-5-2-6-11-21/h1-6,8-11,18-19,23H,7,12-17H2,(H,27,31). The molecule has 1 atom stereocenters. The number of thiazole rings is 1. The Morgan fingerprint density at radius 3 is 2.70 bits per heavy atom. The normalized spacial score (nSPS) is 15.7. The minimum atomic E-state index is -0.0450. The van der Waals surface area contributed by atoms with Gasteiger partial charge in [-0.25, -0.2) is 9.78 Å². The van der Waals surface area contributed by atoms with Crippen molar-refractivity contribution in [2.75, 3.05) is 19.7 Å². The first-order chi connectivity index (χ1) is 16.3. The molecule has 1 saturated heterocycles. The van der Waals surface area contributed by atoms with E-state index in [1.165, 1.54) is 0 Å². The molecule has 0 aliphatic carbocycles. The van der Waals surface area contributed by atoms with Crippen molar-refractivity contribution < 1.29 is 9.53 Å². The van der Waals surface area contributed by atoms with Gasteiger partial charge in [0, 0.05) is 55.5 Å². The number of nitrogens with zero attached hydrogens (tertiary/aromatic N) is 3. The van der Waals surface area contributed by atoms with Gasteiger partial charge in [-0.05, 0) is 18.4 Å². The molecule has 1 aliphatic heterocycles. The Balaban J connectivity index is 1.27. The van der Waals surface area contributed by atoms with Crippen LogP contribution >= 0.6 is 11.3 Å². The van der Waals surface area contributed by atoms with E-state index in [1.54, 1.807) is 11.3 Å². The number of hydrogen-bond acceptors (Lipinski definition) is 4. The summed E-state index contributed by atoms with van der Waals surface area (Å²) in [5.41, 5.74) is 4.34.